The molecule has 0 bridgehead atoms. The van der Waals surface area contributed by atoms with Crippen LogP contribution in [-0.4, -0.2) is 16.2 Å². The SMILES string of the molecule is C/C(=C\c1ccc(C(=O)O)cc1)c1cc2c(cc1CC(C)C)C(C)(C)C(C)C2(C)C.Nc1ccc(O)cc1. The summed E-state index contributed by atoms with van der Waals surface area (Å²) < 4.78 is 0. The van der Waals surface area contributed by atoms with Crippen LogP contribution >= 0.6 is 0 Å². The number of aromatic carboxylic acids is 1. The van der Waals surface area contributed by atoms with Crippen molar-refractivity contribution >= 4 is 23.3 Å². The van der Waals surface area contributed by atoms with Gasteiger partial charge in [-0.25, -0.2) is 4.79 Å². The lowest BCUT2D eigenvalue weighted by Gasteiger charge is -2.32. The van der Waals surface area contributed by atoms with Gasteiger partial charge >= 0.3 is 5.97 Å². The van der Waals surface area contributed by atoms with Crippen LogP contribution in [-0.2, 0) is 17.3 Å². The molecule has 202 valence electrons. The highest BCUT2D eigenvalue weighted by Gasteiger charge is 2.48. The van der Waals surface area contributed by atoms with Gasteiger partial charge in [-0.15, -0.1) is 0 Å². The third kappa shape index (κ3) is 6.12. The van der Waals surface area contributed by atoms with Crippen LogP contribution in [0, 0.1) is 11.8 Å². The molecule has 0 heterocycles. The normalized spacial score (nSPS) is 17.5. The molecular weight excluding hydrogens is 470 g/mol. The summed E-state index contributed by atoms with van der Waals surface area (Å²) in [5, 5.41) is 17.8. The van der Waals surface area contributed by atoms with Gasteiger partial charge in [-0.2, -0.15) is 0 Å². The van der Waals surface area contributed by atoms with E-state index >= 15 is 0 Å². The maximum Gasteiger partial charge on any atom is 0.335 e. The van der Waals surface area contributed by atoms with E-state index in [0.29, 0.717) is 23.1 Å². The van der Waals surface area contributed by atoms with Crippen LogP contribution < -0.4 is 5.73 Å². The van der Waals surface area contributed by atoms with Crippen molar-refractivity contribution < 1.29 is 15.0 Å². The molecule has 0 radical (unpaired) electrons. The van der Waals surface area contributed by atoms with Crippen LogP contribution in [0.5, 0.6) is 5.75 Å². The molecule has 4 nitrogen and oxygen atoms in total. The Morgan fingerprint density at radius 2 is 1.47 bits per heavy atom. The zero-order valence-corrected chi connectivity index (χ0v) is 24.1. The number of phenolic OH excluding ortho intramolecular Hbond substituents is 1. The van der Waals surface area contributed by atoms with Crippen molar-refractivity contribution in [3.8, 4) is 5.75 Å². The van der Waals surface area contributed by atoms with E-state index in [0.717, 1.165) is 12.0 Å². The molecule has 0 saturated carbocycles. The van der Waals surface area contributed by atoms with E-state index in [4.69, 9.17) is 15.9 Å². The second-order valence-electron chi connectivity index (χ2n) is 12.2. The number of aromatic hydroxyl groups is 1. The Hall–Kier alpha value is -3.53. The number of benzene rings is 3. The number of allylic oxidation sites excluding steroid dienone is 1. The van der Waals surface area contributed by atoms with Crippen LogP contribution in [0.4, 0.5) is 5.69 Å². The molecule has 38 heavy (non-hydrogen) atoms. The number of phenols is 1. The zero-order chi connectivity index (χ0) is 28.4. The largest absolute Gasteiger partial charge is 0.508 e. The Morgan fingerprint density at radius 3 is 1.95 bits per heavy atom. The molecule has 0 spiro atoms. The van der Waals surface area contributed by atoms with Crippen molar-refractivity contribution in [2.75, 3.05) is 5.73 Å². The summed E-state index contributed by atoms with van der Waals surface area (Å²) in [6.45, 7) is 18.6. The summed E-state index contributed by atoms with van der Waals surface area (Å²) in [6, 6.07) is 18.4. The first-order valence-electron chi connectivity index (χ1n) is 13.4. The number of nitrogens with two attached hydrogens (primary N) is 1. The number of rotatable bonds is 5. The van der Waals surface area contributed by atoms with Crippen molar-refractivity contribution in [1.29, 1.82) is 0 Å². The molecule has 0 aromatic heterocycles. The molecule has 1 unspecified atom stereocenters. The quantitative estimate of drug-likeness (QED) is 0.182. The van der Waals surface area contributed by atoms with Crippen molar-refractivity contribution in [3.05, 3.63) is 94.0 Å². The first-order valence-corrected chi connectivity index (χ1v) is 13.4. The van der Waals surface area contributed by atoms with Gasteiger partial charge in [0, 0.05) is 5.69 Å². The maximum atomic E-state index is 11.1. The smallest absolute Gasteiger partial charge is 0.335 e. The van der Waals surface area contributed by atoms with Crippen molar-refractivity contribution in [2.24, 2.45) is 11.8 Å². The molecule has 3 aromatic carbocycles. The van der Waals surface area contributed by atoms with E-state index in [9.17, 15) is 4.79 Å². The van der Waals surface area contributed by atoms with Crippen molar-refractivity contribution in [2.45, 2.75) is 72.6 Å². The topological polar surface area (TPSA) is 83.5 Å². The highest BCUT2D eigenvalue weighted by atomic mass is 16.4. The predicted molar refractivity (Wildman–Crippen MR) is 160 cm³/mol. The standard InChI is InChI=1S/C28H36O2.C6H7NO/c1-17(2)13-22-15-24-25(28(7,8)19(4)27(24,5)6)16-23(22)18(3)14-20-9-11-21(12-10-20)26(29)30;7-5-1-3-6(8)4-2-5/h9-12,14-17,19H,13H2,1-8H3,(H,29,30);1-4,8H,7H2/b18-14+;. The van der Waals surface area contributed by atoms with Crippen molar-refractivity contribution in [1.82, 2.24) is 0 Å². The van der Waals surface area contributed by atoms with Gasteiger partial charge in [0.15, 0.2) is 0 Å². The number of carboxylic acid groups (broad SMARTS) is 1. The summed E-state index contributed by atoms with van der Waals surface area (Å²) in [5.41, 5.74) is 14.6. The lowest BCUT2D eigenvalue weighted by atomic mass is 9.71. The van der Waals surface area contributed by atoms with Crippen LogP contribution in [0.15, 0.2) is 60.7 Å². The van der Waals surface area contributed by atoms with Crippen LogP contribution in [0.25, 0.3) is 11.6 Å². The minimum Gasteiger partial charge on any atom is -0.508 e. The van der Waals surface area contributed by atoms with Crippen LogP contribution in [0.1, 0.15) is 93.6 Å². The molecule has 1 aliphatic carbocycles. The molecule has 1 atom stereocenters. The van der Waals surface area contributed by atoms with E-state index < -0.39 is 5.97 Å². The Balaban J connectivity index is 0.000000427. The lowest BCUT2D eigenvalue weighted by molar-refractivity contribution is 0.0697. The molecule has 4 rings (SSSR count). The Bertz CT molecular complexity index is 1290. The molecule has 4 heteroatoms. The molecular formula is C34H43NO3. The number of hydrogen-bond donors (Lipinski definition) is 3. The summed E-state index contributed by atoms with van der Waals surface area (Å²) >= 11 is 0. The summed E-state index contributed by atoms with van der Waals surface area (Å²) in [5.74, 6) is 0.507. The van der Waals surface area contributed by atoms with Gasteiger partial charge in [-0.05, 0) is 106 Å². The third-order valence-electron chi connectivity index (χ3n) is 8.28. The first kappa shape index (κ1) is 29.0. The zero-order valence-electron chi connectivity index (χ0n) is 24.1. The van der Waals surface area contributed by atoms with Gasteiger partial charge in [0.1, 0.15) is 5.75 Å². The highest BCUT2D eigenvalue weighted by Crippen LogP contribution is 2.54. The maximum absolute atomic E-state index is 11.1. The molecule has 4 N–H and O–H groups in total. The van der Waals surface area contributed by atoms with Crippen LogP contribution in [0.2, 0.25) is 0 Å². The number of fused-ring (bicyclic) bond motifs is 1. The third-order valence-corrected chi connectivity index (χ3v) is 8.28. The predicted octanol–water partition coefficient (Wildman–Crippen LogP) is 8.32. The van der Waals surface area contributed by atoms with Gasteiger partial charge in [0.2, 0.25) is 0 Å². The fraction of sp³-hybridized carbons (Fsp3) is 0.382. The second-order valence-corrected chi connectivity index (χ2v) is 12.2. The summed E-state index contributed by atoms with van der Waals surface area (Å²) in [7, 11) is 0. The molecule has 0 aliphatic heterocycles. The first-order chi connectivity index (χ1) is 17.6. The Labute approximate surface area is 228 Å². The highest BCUT2D eigenvalue weighted by molar-refractivity contribution is 5.88. The number of nitrogen functional groups attached to an aromatic ring is 1. The average Bonchev–Trinajstić information content (AvgIpc) is 2.97. The average molecular weight is 514 g/mol. The molecule has 1 aliphatic rings. The lowest BCUT2D eigenvalue weighted by Crippen LogP contribution is -2.30. The molecule has 0 saturated heterocycles. The van der Waals surface area contributed by atoms with Gasteiger partial charge in [0.05, 0.1) is 5.56 Å². The second kappa shape index (κ2) is 11.1. The summed E-state index contributed by atoms with van der Waals surface area (Å²) in [4.78, 5) is 11.1. The molecule has 0 amide bonds. The molecule has 0 fully saturated rings. The van der Waals surface area contributed by atoms with E-state index in [2.05, 4.69) is 73.6 Å². The number of carboxylic acids is 1. The van der Waals surface area contributed by atoms with Gasteiger partial charge in [-0.3, -0.25) is 0 Å². The fourth-order valence-corrected chi connectivity index (χ4v) is 5.58. The van der Waals surface area contributed by atoms with Crippen molar-refractivity contribution in [3.63, 3.8) is 0 Å². The Morgan fingerprint density at radius 1 is 0.947 bits per heavy atom. The van der Waals surface area contributed by atoms with E-state index in [-0.39, 0.29) is 16.6 Å². The molecule has 3 aromatic rings. The van der Waals surface area contributed by atoms with E-state index in [1.54, 1.807) is 36.4 Å². The number of hydrogen-bond acceptors (Lipinski definition) is 3. The van der Waals surface area contributed by atoms with Gasteiger partial charge in [-0.1, -0.05) is 78.8 Å². The monoisotopic (exact) mass is 513 g/mol. The summed E-state index contributed by atoms with van der Waals surface area (Å²) in [6.07, 6.45) is 3.23. The number of anilines is 1. The Kier molecular flexibility index (Phi) is 8.45. The minimum absolute atomic E-state index is 0.132. The van der Waals surface area contributed by atoms with Crippen LogP contribution in [0.3, 0.4) is 0 Å². The van der Waals surface area contributed by atoms with Gasteiger partial charge in [0.25, 0.3) is 0 Å². The van der Waals surface area contributed by atoms with E-state index in [1.807, 2.05) is 12.1 Å². The minimum atomic E-state index is -0.890. The fourth-order valence-electron chi connectivity index (χ4n) is 5.58. The van der Waals surface area contributed by atoms with Gasteiger partial charge < -0.3 is 15.9 Å². The number of carbonyl (C=O) groups is 1. The van der Waals surface area contributed by atoms with E-state index in [1.165, 1.54) is 27.8 Å².